The van der Waals surface area contributed by atoms with Crippen molar-refractivity contribution in [1.29, 1.82) is 0 Å². The molecule has 1 heterocycles. The van der Waals surface area contributed by atoms with Crippen LogP contribution in [0.1, 0.15) is 12.6 Å². The lowest BCUT2D eigenvalue weighted by Crippen LogP contribution is -2.05. The highest BCUT2D eigenvalue weighted by Crippen LogP contribution is 2.25. The molecule has 100 valence electrons. The van der Waals surface area contributed by atoms with Gasteiger partial charge < -0.3 is 5.73 Å². The predicted molar refractivity (Wildman–Crippen MR) is 73.8 cm³/mol. The number of benzene rings is 1. The van der Waals surface area contributed by atoms with Gasteiger partial charge in [-0.15, -0.1) is 0 Å². The van der Waals surface area contributed by atoms with E-state index >= 15 is 0 Å². The Morgan fingerprint density at radius 3 is 2.26 bits per heavy atom. The van der Waals surface area contributed by atoms with Crippen molar-refractivity contribution in [1.82, 2.24) is 9.97 Å². The minimum Gasteiger partial charge on any atom is -0.383 e. The number of anilines is 1. The SMILES string of the molecule is CCc1nc(-c2cc(F)c(F)c(F)c2)nc(N)c1I. The maximum atomic E-state index is 13.2. The van der Waals surface area contributed by atoms with E-state index in [-0.39, 0.29) is 17.2 Å². The van der Waals surface area contributed by atoms with Gasteiger partial charge in [0.25, 0.3) is 0 Å². The number of nitrogens with zero attached hydrogens (tertiary/aromatic N) is 2. The molecule has 19 heavy (non-hydrogen) atoms. The molecular weight excluding hydrogens is 370 g/mol. The molecule has 0 saturated carbocycles. The number of aromatic nitrogens is 2. The molecule has 0 saturated heterocycles. The van der Waals surface area contributed by atoms with Gasteiger partial charge in [0.15, 0.2) is 23.3 Å². The molecule has 0 fully saturated rings. The average Bonchev–Trinajstić information content (AvgIpc) is 2.38. The van der Waals surface area contributed by atoms with Crippen LogP contribution >= 0.6 is 22.6 Å². The fraction of sp³-hybridized carbons (Fsp3) is 0.167. The van der Waals surface area contributed by atoms with E-state index in [1.807, 2.05) is 29.5 Å². The summed E-state index contributed by atoms with van der Waals surface area (Å²) in [6.07, 6.45) is 0.601. The number of hydrogen-bond donors (Lipinski definition) is 1. The van der Waals surface area contributed by atoms with E-state index in [4.69, 9.17) is 5.73 Å². The van der Waals surface area contributed by atoms with Crippen LogP contribution in [0.5, 0.6) is 0 Å². The zero-order chi connectivity index (χ0) is 14.2. The lowest BCUT2D eigenvalue weighted by molar-refractivity contribution is 0.447. The Morgan fingerprint density at radius 2 is 1.74 bits per heavy atom. The van der Waals surface area contributed by atoms with Crippen molar-refractivity contribution in [2.45, 2.75) is 13.3 Å². The molecule has 0 radical (unpaired) electrons. The predicted octanol–water partition coefficient (Wildman–Crippen LogP) is 3.31. The zero-order valence-electron chi connectivity index (χ0n) is 9.85. The van der Waals surface area contributed by atoms with Gasteiger partial charge >= 0.3 is 0 Å². The van der Waals surface area contributed by atoms with Gasteiger partial charge in [0.2, 0.25) is 0 Å². The Hall–Kier alpha value is -1.38. The second kappa shape index (κ2) is 5.32. The number of nitrogen functional groups attached to an aromatic ring is 1. The summed E-state index contributed by atoms with van der Waals surface area (Å²) in [7, 11) is 0. The fourth-order valence-electron chi connectivity index (χ4n) is 1.56. The summed E-state index contributed by atoms with van der Waals surface area (Å²) in [6, 6.07) is 1.69. The molecule has 0 aliphatic carbocycles. The van der Waals surface area contributed by atoms with Gasteiger partial charge in [0.1, 0.15) is 5.82 Å². The second-order valence-electron chi connectivity index (χ2n) is 3.80. The summed E-state index contributed by atoms with van der Waals surface area (Å²) in [6.45, 7) is 1.87. The normalized spacial score (nSPS) is 10.8. The lowest BCUT2D eigenvalue weighted by Gasteiger charge is -2.08. The number of rotatable bonds is 2. The molecule has 3 nitrogen and oxygen atoms in total. The first-order chi connectivity index (χ1) is 8.93. The van der Waals surface area contributed by atoms with Crippen LogP contribution in [0.4, 0.5) is 19.0 Å². The molecule has 1 aromatic carbocycles. The number of aryl methyl sites for hydroxylation is 1. The summed E-state index contributed by atoms with van der Waals surface area (Å²) in [5.41, 5.74) is 6.44. The average molecular weight is 379 g/mol. The summed E-state index contributed by atoms with van der Waals surface area (Å²) < 4.78 is 40.0. The van der Waals surface area contributed by atoms with Gasteiger partial charge in [-0.2, -0.15) is 0 Å². The van der Waals surface area contributed by atoms with Gasteiger partial charge in [0.05, 0.1) is 9.26 Å². The van der Waals surface area contributed by atoms with Crippen LogP contribution in [0, 0.1) is 21.0 Å². The van der Waals surface area contributed by atoms with Crippen LogP contribution in [0.2, 0.25) is 0 Å². The summed E-state index contributed by atoms with van der Waals surface area (Å²) in [4.78, 5) is 8.15. The van der Waals surface area contributed by atoms with Gasteiger partial charge in [-0.1, -0.05) is 6.92 Å². The van der Waals surface area contributed by atoms with Gasteiger partial charge in [0, 0.05) is 5.56 Å². The highest BCUT2D eigenvalue weighted by Gasteiger charge is 2.15. The number of halogens is 4. The zero-order valence-corrected chi connectivity index (χ0v) is 12.0. The number of hydrogen-bond acceptors (Lipinski definition) is 3. The van der Waals surface area contributed by atoms with Crippen molar-refractivity contribution in [3.63, 3.8) is 0 Å². The third kappa shape index (κ3) is 2.65. The molecule has 0 atom stereocenters. The molecule has 2 N–H and O–H groups in total. The van der Waals surface area contributed by atoms with Crippen LogP contribution in [0.15, 0.2) is 12.1 Å². The monoisotopic (exact) mass is 379 g/mol. The van der Waals surface area contributed by atoms with E-state index < -0.39 is 17.5 Å². The van der Waals surface area contributed by atoms with Crippen molar-refractivity contribution in [3.8, 4) is 11.4 Å². The highest BCUT2D eigenvalue weighted by molar-refractivity contribution is 14.1. The smallest absolute Gasteiger partial charge is 0.194 e. The first-order valence-electron chi connectivity index (χ1n) is 5.40. The highest BCUT2D eigenvalue weighted by atomic mass is 127. The maximum Gasteiger partial charge on any atom is 0.194 e. The van der Waals surface area contributed by atoms with Crippen molar-refractivity contribution >= 4 is 28.4 Å². The molecule has 2 rings (SSSR count). The minimum atomic E-state index is -1.52. The molecule has 0 aliphatic heterocycles. The van der Waals surface area contributed by atoms with Gasteiger partial charge in [-0.3, -0.25) is 0 Å². The van der Waals surface area contributed by atoms with Crippen molar-refractivity contribution < 1.29 is 13.2 Å². The molecule has 0 amide bonds. The molecule has 7 heteroatoms. The Labute approximate surface area is 121 Å². The van der Waals surface area contributed by atoms with E-state index in [9.17, 15) is 13.2 Å². The van der Waals surface area contributed by atoms with Crippen molar-refractivity contribution in [3.05, 3.63) is 38.8 Å². The van der Waals surface area contributed by atoms with Crippen LogP contribution < -0.4 is 5.73 Å². The minimum absolute atomic E-state index is 0.0502. The third-order valence-corrected chi connectivity index (χ3v) is 3.70. The molecular formula is C12H9F3IN3. The summed E-state index contributed by atoms with van der Waals surface area (Å²) in [5.74, 6) is -3.78. The van der Waals surface area contributed by atoms with E-state index in [1.54, 1.807) is 0 Å². The maximum absolute atomic E-state index is 13.2. The first-order valence-corrected chi connectivity index (χ1v) is 6.48. The van der Waals surface area contributed by atoms with Crippen molar-refractivity contribution in [2.24, 2.45) is 0 Å². The molecule has 2 aromatic rings. The Bertz CT molecular complexity index is 623. The van der Waals surface area contributed by atoms with Crippen LogP contribution in [-0.4, -0.2) is 9.97 Å². The molecule has 0 aliphatic rings. The topological polar surface area (TPSA) is 51.8 Å². The second-order valence-corrected chi connectivity index (χ2v) is 4.88. The van der Waals surface area contributed by atoms with E-state index in [0.717, 1.165) is 12.1 Å². The van der Waals surface area contributed by atoms with Gasteiger partial charge in [-0.25, -0.2) is 23.1 Å². The van der Waals surface area contributed by atoms with Crippen molar-refractivity contribution in [2.75, 3.05) is 5.73 Å². The number of nitrogens with two attached hydrogens (primary N) is 1. The lowest BCUT2D eigenvalue weighted by atomic mass is 10.2. The van der Waals surface area contributed by atoms with Crippen LogP contribution in [0.3, 0.4) is 0 Å². The Kier molecular flexibility index (Phi) is 3.93. The Balaban J connectivity index is 2.62. The molecule has 0 spiro atoms. The molecule has 1 aromatic heterocycles. The summed E-state index contributed by atoms with van der Waals surface area (Å²) in [5, 5.41) is 0. The molecule has 0 bridgehead atoms. The van der Waals surface area contributed by atoms with Crippen LogP contribution in [-0.2, 0) is 6.42 Å². The summed E-state index contributed by atoms with van der Waals surface area (Å²) >= 11 is 2.00. The van der Waals surface area contributed by atoms with Crippen LogP contribution in [0.25, 0.3) is 11.4 Å². The first kappa shape index (κ1) is 14.0. The third-order valence-electron chi connectivity index (χ3n) is 2.52. The van der Waals surface area contributed by atoms with E-state index in [0.29, 0.717) is 15.7 Å². The quantitative estimate of drug-likeness (QED) is 0.644. The largest absolute Gasteiger partial charge is 0.383 e. The van der Waals surface area contributed by atoms with Gasteiger partial charge in [-0.05, 0) is 41.1 Å². The van der Waals surface area contributed by atoms with E-state index in [1.165, 1.54) is 0 Å². The fourth-order valence-corrected chi connectivity index (χ4v) is 2.18. The standard InChI is InChI=1S/C12H9F3IN3/c1-2-8-10(16)11(17)19-12(18-8)5-3-6(13)9(15)7(14)4-5/h3-4H,2H2,1H3,(H2,17,18,19). The Morgan fingerprint density at radius 1 is 1.16 bits per heavy atom. The molecule has 0 unspecified atom stereocenters. The van der Waals surface area contributed by atoms with E-state index in [2.05, 4.69) is 9.97 Å².